The van der Waals surface area contributed by atoms with Crippen LogP contribution in [0, 0.1) is 5.82 Å². The van der Waals surface area contributed by atoms with Crippen LogP contribution in [-0.2, 0) is 11.3 Å². The topological polar surface area (TPSA) is 87.5 Å². The number of carbonyl (C=O) groups is 2. The van der Waals surface area contributed by atoms with E-state index in [9.17, 15) is 14.0 Å². The number of anilines is 1. The van der Waals surface area contributed by atoms with Crippen molar-refractivity contribution in [2.75, 3.05) is 26.0 Å². The summed E-state index contributed by atoms with van der Waals surface area (Å²) in [5.74, 6) is -0.346. The second kappa shape index (κ2) is 10.8. The molecule has 2 N–H and O–H groups in total. The summed E-state index contributed by atoms with van der Waals surface area (Å²) in [4.78, 5) is 31.1. The number of aromatic nitrogens is 1. The zero-order chi connectivity index (χ0) is 24.8. The lowest BCUT2D eigenvalue weighted by atomic mass is 10.1. The maximum absolute atomic E-state index is 14.1. The third-order valence-electron chi connectivity index (χ3n) is 5.17. The van der Waals surface area contributed by atoms with Crippen LogP contribution >= 0.6 is 0 Å². The standard InChI is InChI=1S/C27H25FN4O3/c1-32(2)17-25(33)31-19-9-7-8-18(14-19)15-29-26(34)20-10-3-4-11-21(20)27-30-16-24(35-27)22-12-5-6-13-23(22)28/h3-14,16H,15,17H2,1-2H3,(H,29,34)(H,31,33). The van der Waals surface area contributed by atoms with Crippen LogP contribution in [0.25, 0.3) is 22.8 Å². The fourth-order valence-electron chi connectivity index (χ4n) is 3.58. The van der Waals surface area contributed by atoms with Gasteiger partial charge in [-0.1, -0.05) is 36.4 Å². The van der Waals surface area contributed by atoms with Gasteiger partial charge in [0, 0.05) is 17.8 Å². The minimum Gasteiger partial charge on any atom is -0.436 e. The molecule has 0 saturated heterocycles. The van der Waals surface area contributed by atoms with E-state index in [1.54, 1.807) is 53.4 Å². The first-order valence-corrected chi connectivity index (χ1v) is 11.0. The minimum atomic E-state index is -0.415. The van der Waals surface area contributed by atoms with Crippen LogP contribution in [0.15, 0.2) is 83.4 Å². The van der Waals surface area contributed by atoms with Crippen molar-refractivity contribution in [2.45, 2.75) is 6.54 Å². The lowest BCUT2D eigenvalue weighted by Gasteiger charge is -2.12. The predicted octanol–water partition coefficient (Wildman–Crippen LogP) is 4.58. The fourth-order valence-corrected chi connectivity index (χ4v) is 3.58. The molecule has 0 spiro atoms. The third-order valence-corrected chi connectivity index (χ3v) is 5.17. The molecule has 0 bridgehead atoms. The van der Waals surface area contributed by atoms with Crippen molar-refractivity contribution in [1.29, 1.82) is 0 Å². The summed E-state index contributed by atoms with van der Waals surface area (Å²) in [6, 6.07) is 20.5. The summed E-state index contributed by atoms with van der Waals surface area (Å²) in [5, 5.41) is 5.74. The normalized spacial score (nSPS) is 10.9. The van der Waals surface area contributed by atoms with Gasteiger partial charge in [0.25, 0.3) is 5.91 Å². The molecule has 1 aromatic heterocycles. The summed E-state index contributed by atoms with van der Waals surface area (Å²) >= 11 is 0. The summed E-state index contributed by atoms with van der Waals surface area (Å²) in [6.45, 7) is 0.536. The fraction of sp³-hybridized carbons (Fsp3) is 0.148. The number of benzene rings is 3. The Hall–Kier alpha value is -4.30. The van der Waals surface area contributed by atoms with Gasteiger partial charge >= 0.3 is 0 Å². The van der Waals surface area contributed by atoms with Crippen molar-refractivity contribution in [3.05, 3.63) is 95.9 Å². The molecule has 0 unspecified atom stereocenters. The van der Waals surface area contributed by atoms with Gasteiger partial charge in [0.1, 0.15) is 5.82 Å². The highest BCUT2D eigenvalue weighted by Gasteiger charge is 2.18. The van der Waals surface area contributed by atoms with Gasteiger partial charge in [-0.15, -0.1) is 0 Å². The number of oxazole rings is 1. The number of hydrogen-bond donors (Lipinski definition) is 2. The van der Waals surface area contributed by atoms with Crippen LogP contribution in [-0.4, -0.2) is 42.3 Å². The number of hydrogen-bond acceptors (Lipinski definition) is 5. The second-order valence-electron chi connectivity index (χ2n) is 8.22. The summed E-state index contributed by atoms with van der Waals surface area (Å²) < 4.78 is 19.9. The Morgan fingerprint density at radius 1 is 0.971 bits per heavy atom. The van der Waals surface area contributed by atoms with Crippen LogP contribution in [0.4, 0.5) is 10.1 Å². The van der Waals surface area contributed by atoms with Crippen molar-refractivity contribution >= 4 is 17.5 Å². The molecule has 1 heterocycles. The molecule has 0 fully saturated rings. The van der Waals surface area contributed by atoms with Gasteiger partial charge in [-0.3, -0.25) is 9.59 Å². The number of nitrogens with zero attached hydrogens (tertiary/aromatic N) is 2. The van der Waals surface area contributed by atoms with Gasteiger partial charge in [-0.05, 0) is 56.1 Å². The molecule has 0 aliphatic rings. The van der Waals surface area contributed by atoms with E-state index in [0.717, 1.165) is 5.56 Å². The molecule has 0 aliphatic carbocycles. The van der Waals surface area contributed by atoms with Gasteiger partial charge < -0.3 is 20.0 Å². The number of rotatable bonds is 8. The molecule has 7 nitrogen and oxygen atoms in total. The number of carbonyl (C=O) groups excluding carboxylic acids is 2. The zero-order valence-electron chi connectivity index (χ0n) is 19.4. The highest BCUT2D eigenvalue weighted by Crippen LogP contribution is 2.29. The lowest BCUT2D eigenvalue weighted by molar-refractivity contribution is -0.116. The summed E-state index contributed by atoms with van der Waals surface area (Å²) in [6.07, 6.45) is 1.44. The smallest absolute Gasteiger partial charge is 0.252 e. The maximum atomic E-state index is 14.1. The SMILES string of the molecule is CN(C)CC(=O)Nc1cccc(CNC(=O)c2ccccc2-c2ncc(-c3ccccc3F)o2)c1. The Labute approximate surface area is 202 Å². The van der Waals surface area contributed by atoms with Crippen molar-refractivity contribution in [3.8, 4) is 22.8 Å². The summed E-state index contributed by atoms with van der Waals surface area (Å²) in [7, 11) is 3.64. The van der Waals surface area contributed by atoms with E-state index < -0.39 is 5.82 Å². The van der Waals surface area contributed by atoms with E-state index in [2.05, 4.69) is 15.6 Å². The molecule has 8 heteroatoms. The highest BCUT2D eigenvalue weighted by molar-refractivity contribution is 6.00. The Kier molecular flexibility index (Phi) is 7.32. The molecule has 0 radical (unpaired) electrons. The van der Waals surface area contributed by atoms with Crippen LogP contribution in [0.5, 0.6) is 0 Å². The summed E-state index contributed by atoms with van der Waals surface area (Å²) in [5.41, 5.74) is 2.66. The molecule has 4 rings (SSSR count). The molecule has 0 saturated carbocycles. The van der Waals surface area contributed by atoms with Gasteiger partial charge in [0.05, 0.1) is 23.9 Å². The van der Waals surface area contributed by atoms with Crippen LogP contribution in [0.2, 0.25) is 0 Å². The Morgan fingerprint density at radius 3 is 2.49 bits per heavy atom. The average molecular weight is 473 g/mol. The highest BCUT2D eigenvalue weighted by atomic mass is 19.1. The molecular weight excluding hydrogens is 447 g/mol. The predicted molar refractivity (Wildman–Crippen MR) is 132 cm³/mol. The molecule has 2 amide bonds. The molecule has 35 heavy (non-hydrogen) atoms. The largest absolute Gasteiger partial charge is 0.436 e. The Balaban J connectivity index is 1.47. The van der Waals surface area contributed by atoms with Crippen molar-refractivity contribution in [1.82, 2.24) is 15.2 Å². The lowest BCUT2D eigenvalue weighted by Crippen LogP contribution is -2.27. The average Bonchev–Trinajstić information content (AvgIpc) is 3.32. The maximum Gasteiger partial charge on any atom is 0.252 e. The van der Waals surface area contributed by atoms with E-state index in [1.807, 2.05) is 32.3 Å². The first-order valence-electron chi connectivity index (χ1n) is 11.0. The van der Waals surface area contributed by atoms with Gasteiger partial charge in [0.15, 0.2) is 5.76 Å². The molecule has 0 atom stereocenters. The first kappa shape index (κ1) is 23.8. The number of likely N-dealkylation sites (N-methyl/N-ethyl adjacent to an activating group) is 1. The van der Waals surface area contributed by atoms with Gasteiger partial charge in [-0.2, -0.15) is 0 Å². The van der Waals surface area contributed by atoms with E-state index in [-0.39, 0.29) is 36.6 Å². The van der Waals surface area contributed by atoms with E-state index >= 15 is 0 Å². The van der Waals surface area contributed by atoms with Crippen LogP contribution in [0.1, 0.15) is 15.9 Å². The van der Waals surface area contributed by atoms with E-state index in [4.69, 9.17) is 4.42 Å². The Bertz CT molecular complexity index is 1350. The molecular formula is C27H25FN4O3. The van der Waals surface area contributed by atoms with Crippen molar-refractivity contribution in [3.63, 3.8) is 0 Å². The van der Waals surface area contributed by atoms with Gasteiger partial charge in [0.2, 0.25) is 11.8 Å². The van der Waals surface area contributed by atoms with Crippen LogP contribution < -0.4 is 10.6 Å². The van der Waals surface area contributed by atoms with Gasteiger partial charge in [-0.25, -0.2) is 9.37 Å². The molecule has 0 aliphatic heterocycles. The third kappa shape index (κ3) is 5.99. The van der Waals surface area contributed by atoms with Crippen molar-refractivity contribution in [2.24, 2.45) is 0 Å². The molecule has 4 aromatic rings. The Morgan fingerprint density at radius 2 is 1.71 bits per heavy atom. The second-order valence-corrected chi connectivity index (χ2v) is 8.22. The number of halogens is 1. The molecule has 3 aromatic carbocycles. The van der Waals surface area contributed by atoms with E-state index in [0.29, 0.717) is 22.4 Å². The van der Waals surface area contributed by atoms with E-state index in [1.165, 1.54) is 12.3 Å². The monoisotopic (exact) mass is 472 g/mol. The quantitative estimate of drug-likeness (QED) is 0.392. The number of amides is 2. The number of nitrogens with one attached hydrogen (secondary N) is 2. The van der Waals surface area contributed by atoms with Crippen LogP contribution in [0.3, 0.4) is 0 Å². The van der Waals surface area contributed by atoms with Crippen molar-refractivity contribution < 1.29 is 18.4 Å². The molecule has 178 valence electrons. The zero-order valence-corrected chi connectivity index (χ0v) is 19.4. The first-order chi connectivity index (χ1) is 16.9. The minimum absolute atomic E-state index is 0.120.